The first-order chi connectivity index (χ1) is 17.8. The minimum absolute atomic E-state index is 0.0152. The monoisotopic (exact) mass is 573 g/mol. The number of hydrogen-bond donors (Lipinski definition) is 1. The highest BCUT2D eigenvalue weighted by Gasteiger charge is 2.58. The number of esters is 2. The van der Waals surface area contributed by atoms with Crippen LogP contribution in [0.5, 0.6) is 0 Å². The van der Waals surface area contributed by atoms with Crippen molar-refractivity contribution in [2.24, 2.45) is 11.8 Å². The van der Waals surface area contributed by atoms with Crippen molar-refractivity contribution >= 4 is 48.1 Å². The Morgan fingerprint density at radius 3 is 2.50 bits per heavy atom. The summed E-state index contributed by atoms with van der Waals surface area (Å²) in [5.41, 5.74) is 6.79. The van der Waals surface area contributed by atoms with Crippen LogP contribution in [0.2, 0.25) is 0 Å². The molecular formula is C23H33ClN5O8P. The number of halogens is 1. The molecule has 2 aromatic heterocycles. The number of fused-ring (bicyclic) bond motifs is 2. The van der Waals surface area contributed by atoms with Gasteiger partial charge < -0.3 is 29.0 Å². The third-order valence-electron chi connectivity index (χ3n) is 6.42. The minimum atomic E-state index is -3.63. The number of alkyl halides is 1. The van der Waals surface area contributed by atoms with Gasteiger partial charge in [0.25, 0.3) is 0 Å². The fourth-order valence-electron chi connectivity index (χ4n) is 4.61. The van der Waals surface area contributed by atoms with Gasteiger partial charge >= 0.3 is 19.5 Å². The van der Waals surface area contributed by atoms with Gasteiger partial charge in [-0.3, -0.25) is 18.7 Å². The van der Waals surface area contributed by atoms with Crippen LogP contribution in [-0.4, -0.2) is 74.0 Å². The summed E-state index contributed by atoms with van der Waals surface area (Å²) in [6.45, 7) is 8.30. The number of nitrogen functional groups attached to an aromatic ring is 1. The lowest BCUT2D eigenvalue weighted by atomic mass is 9.91. The average molecular weight is 574 g/mol. The Morgan fingerprint density at radius 1 is 1.21 bits per heavy atom. The molecule has 2 fully saturated rings. The first-order valence-electron chi connectivity index (χ1n) is 12.4. The van der Waals surface area contributed by atoms with Crippen LogP contribution in [0.3, 0.4) is 0 Å². The Kier molecular flexibility index (Phi) is 8.34. The molecule has 0 radical (unpaired) electrons. The standard InChI is InChI=1S/C23H33ClN5O8P/c1-12(2)35-20(30)14(21(31)36-13(3)4)6-7-33-38(32)9-15-16(8-34-38)37-22(23(15,5)24)29-11-28-17-18(25)26-10-27-19(17)29/h10-16,22H,6-9H2,1-5H3,(H2,25,26,27)/t15-,16-,22-,23-,38?/m1/s1. The lowest BCUT2D eigenvalue weighted by molar-refractivity contribution is -0.167. The smallest absolute Gasteiger partial charge is 0.331 e. The molecule has 15 heteroatoms. The van der Waals surface area contributed by atoms with Crippen LogP contribution in [0.15, 0.2) is 12.7 Å². The van der Waals surface area contributed by atoms with E-state index in [1.54, 1.807) is 39.2 Å². The van der Waals surface area contributed by atoms with E-state index < -0.39 is 60.8 Å². The summed E-state index contributed by atoms with van der Waals surface area (Å²) in [7, 11) is -3.63. The van der Waals surface area contributed by atoms with E-state index in [-0.39, 0.29) is 31.6 Å². The molecule has 4 rings (SSSR count). The summed E-state index contributed by atoms with van der Waals surface area (Å²) in [5, 5.41) is 0. The van der Waals surface area contributed by atoms with Crippen LogP contribution in [-0.2, 0) is 37.4 Å². The average Bonchev–Trinajstić information content (AvgIpc) is 3.35. The van der Waals surface area contributed by atoms with Crippen molar-refractivity contribution in [1.29, 1.82) is 0 Å². The number of nitrogens with two attached hydrogens (primary N) is 1. The van der Waals surface area contributed by atoms with Crippen LogP contribution in [0.25, 0.3) is 11.2 Å². The lowest BCUT2D eigenvalue weighted by Crippen LogP contribution is -2.40. The molecule has 0 spiro atoms. The van der Waals surface area contributed by atoms with Gasteiger partial charge in [-0.15, -0.1) is 11.6 Å². The van der Waals surface area contributed by atoms with E-state index in [2.05, 4.69) is 15.0 Å². The molecule has 1 unspecified atom stereocenters. The molecule has 38 heavy (non-hydrogen) atoms. The summed E-state index contributed by atoms with van der Waals surface area (Å²) < 4.78 is 43.1. The van der Waals surface area contributed by atoms with Gasteiger partial charge in [-0.2, -0.15) is 0 Å². The summed E-state index contributed by atoms with van der Waals surface area (Å²) in [6.07, 6.45) is 0.767. The third-order valence-corrected chi connectivity index (χ3v) is 8.85. The lowest BCUT2D eigenvalue weighted by Gasteiger charge is -2.35. The van der Waals surface area contributed by atoms with Crippen molar-refractivity contribution in [1.82, 2.24) is 19.5 Å². The zero-order chi connectivity index (χ0) is 27.8. The van der Waals surface area contributed by atoms with Crippen molar-refractivity contribution in [2.75, 3.05) is 25.1 Å². The topological polar surface area (TPSA) is 167 Å². The molecule has 2 aliphatic rings. The quantitative estimate of drug-likeness (QED) is 0.202. The molecule has 13 nitrogen and oxygen atoms in total. The molecule has 2 saturated heterocycles. The summed E-state index contributed by atoms with van der Waals surface area (Å²) in [6, 6.07) is 0. The first kappa shape index (κ1) is 28.7. The van der Waals surface area contributed by atoms with E-state index >= 15 is 0 Å². The summed E-state index contributed by atoms with van der Waals surface area (Å²) in [4.78, 5) is 36.5. The van der Waals surface area contributed by atoms with Crippen molar-refractivity contribution < 1.29 is 37.4 Å². The maximum Gasteiger partial charge on any atom is 0.331 e. The van der Waals surface area contributed by atoms with E-state index in [0.717, 1.165) is 0 Å². The zero-order valence-electron chi connectivity index (χ0n) is 21.9. The van der Waals surface area contributed by atoms with E-state index in [1.165, 1.54) is 12.7 Å². The molecule has 0 aromatic carbocycles. The largest absolute Gasteiger partial charge is 0.462 e. The number of nitrogens with zero attached hydrogens (tertiary/aromatic N) is 4. The Bertz CT molecular complexity index is 1220. The molecule has 0 bridgehead atoms. The fraction of sp³-hybridized carbons (Fsp3) is 0.696. The van der Waals surface area contributed by atoms with Crippen LogP contribution >= 0.6 is 19.2 Å². The van der Waals surface area contributed by atoms with Gasteiger partial charge in [-0.05, 0) is 41.0 Å². The fourth-order valence-corrected chi connectivity index (χ4v) is 7.23. The number of ether oxygens (including phenoxy) is 3. The van der Waals surface area contributed by atoms with Crippen LogP contribution < -0.4 is 5.73 Å². The van der Waals surface area contributed by atoms with Gasteiger partial charge in [0, 0.05) is 5.92 Å². The SMILES string of the molecule is CC(C)OC(=O)C(CCOP1(=O)C[C@@H]2[C@@H](CO1)O[C@@H](n1cnc3c(N)ncnc31)[C@]2(C)Cl)C(=O)OC(C)C. The van der Waals surface area contributed by atoms with Crippen LogP contribution in [0, 0.1) is 11.8 Å². The number of imidazole rings is 1. The van der Waals surface area contributed by atoms with Crippen molar-refractivity contribution in [3.05, 3.63) is 12.7 Å². The second kappa shape index (κ2) is 11.1. The second-order valence-electron chi connectivity index (χ2n) is 10.1. The number of rotatable bonds is 9. The molecule has 2 N–H and O–H groups in total. The van der Waals surface area contributed by atoms with E-state index in [1.807, 2.05) is 0 Å². The third kappa shape index (κ3) is 5.81. The number of aromatic nitrogens is 4. The van der Waals surface area contributed by atoms with Gasteiger partial charge in [0.2, 0.25) is 0 Å². The number of hydrogen-bond acceptors (Lipinski definition) is 12. The molecule has 5 atom stereocenters. The molecule has 210 valence electrons. The normalized spacial score (nSPS) is 29.2. The van der Waals surface area contributed by atoms with Gasteiger partial charge in [0.05, 0.1) is 48.9 Å². The Hall–Kier alpha value is -2.31. The van der Waals surface area contributed by atoms with E-state index in [4.69, 9.17) is 40.6 Å². The Morgan fingerprint density at radius 2 is 1.87 bits per heavy atom. The van der Waals surface area contributed by atoms with Crippen LogP contribution in [0.1, 0.15) is 47.3 Å². The maximum atomic E-state index is 13.5. The highest BCUT2D eigenvalue weighted by Crippen LogP contribution is 2.61. The second-order valence-corrected chi connectivity index (χ2v) is 13.0. The predicted octanol–water partition coefficient (Wildman–Crippen LogP) is 3.07. The first-order valence-corrected chi connectivity index (χ1v) is 14.5. The van der Waals surface area contributed by atoms with Gasteiger partial charge in [0.1, 0.15) is 11.8 Å². The number of carbonyl (C=O) groups is 2. The maximum absolute atomic E-state index is 13.5. The molecule has 2 aliphatic heterocycles. The molecule has 4 heterocycles. The molecular weight excluding hydrogens is 541 g/mol. The van der Waals surface area contributed by atoms with E-state index in [0.29, 0.717) is 11.2 Å². The van der Waals surface area contributed by atoms with Gasteiger partial charge in [0.15, 0.2) is 23.6 Å². The Balaban J connectivity index is 1.44. The summed E-state index contributed by atoms with van der Waals surface area (Å²) in [5.74, 6) is -2.85. The molecule has 2 aromatic rings. The summed E-state index contributed by atoms with van der Waals surface area (Å²) >= 11 is 7.03. The molecule has 0 saturated carbocycles. The van der Waals surface area contributed by atoms with Crippen molar-refractivity contribution in [3.63, 3.8) is 0 Å². The van der Waals surface area contributed by atoms with Crippen molar-refractivity contribution in [3.8, 4) is 0 Å². The zero-order valence-corrected chi connectivity index (χ0v) is 23.6. The van der Waals surface area contributed by atoms with Crippen LogP contribution in [0.4, 0.5) is 5.82 Å². The van der Waals surface area contributed by atoms with Crippen molar-refractivity contribution in [2.45, 2.75) is 70.5 Å². The molecule has 0 aliphatic carbocycles. The van der Waals surface area contributed by atoms with Gasteiger partial charge in [-0.1, -0.05) is 0 Å². The van der Waals surface area contributed by atoms with E-state index in [9.17, 15) is 14.2 Å². The predicted molar refractivity (Wildman–Crippen MR) is 136 cm³/mol. The molecule has 0 amide bonds. The minimum Gasteiger partial charge on any atom is -0.462 e. The number of anilines is 1. The number of carbonyl (C=O) groups excluding carboxylic acids is 2. The van der Waals surface area contributed by atoms with Gasteiger partial charge in [-0.25, -0.2) is 15.0 Å². The Labute approximate surface area is 225 Å². The highest BCUT2D eigenvalue weighted by molar-refractivity contribution is 7.53. The highest BCUT2D eigenvalue weighted by atomic mass is 35.5.